The molecule has 5 nitrogen and oxygen atoms in total. The van der Waals surface area contributed by atoms with E-state index in [0.717, 1.165) is 82.1 Å². The second kappa shape index (κ2) is 14.5. The Morgan fingerprint density at radius 1 is 0.375 bits per heavy atom. The van der Waals surface area contributed by atoms with Crippen molar-refractivity contribution in [2.45, 2.75) is 0 Å². The minimum Gasteiger partial charge on any atom is -0.455 e. The third-order valence-corrected chi connectivity index (χ3v) is 12.3. The van der Waals surface area contributed by atoms with Crippen molar-refractivity contribution in [3.05, 3.63) is 218 Å². The summed E-state index contributed by atoms with van der Waals surface area (Å²) in [5, 5.41) is 8.09. The first kappa shape index (κ1) is 31.2. The minimum absolute atomic E-state index is 0.0582. The van der Waals surface area contributed by atoms with Crippen LogP contribution in [0.1, 0.15) is 6.85 Å². The molecule has 0 fully saturated rings. The topological polar surface area (TPSA) is 56.7 Å². The van der Waals surface area contributed by atoms with Crippen LogP contribution in [0.2, 0.25) is 0 Å². The van der Waals surface area contributed by atoms with Crippen LogP contribution in [-0.2, 0) is 0 Å². The third kappa shape index (κ3) is 5.90. The van der Waals surface area contributed by atoms with Crippen molar-refractivity contribution in [2.24, 2.45) is 0 Å². The van der Waals surface area contributed by atoms with Crippen molar-refractivity contribution < 1.29 is 11.3 Å². The van der Waals surface area contributed by atoms with Gasteiger partial charge in [0, 0.05) is 38.4 Å². The predicted molar refractivity (Wildman–Crippen MR) is 264 cm³/mol. The molecule has 3 aromatic heterocycles. The van der Waals surface area contributed by atoms with Gasteiger partial charge in [0.15, 0.2) is 17.5 Å². The summed E-state index contributed by atoms with van der Waals surface area (Å²) in [6, 6.07) is 62.0. The van der Waals surface area contributed by atoms with Crippen LogP contribution in [0.3, 0.4) is 0 Å². The Balaban J connectivity index is 1.10. The minimum atomic E-state index is -0.501. The highest BCUT2D eigenvalue weighted by Crippen LogP contribution is 2.42. The van der Waals surface area contributed by atoms with E-state index in [9.17, 15) is 0 Å². The van der Waals surface area contributed by atoms with Crippen LogP contribution < -0.4 is 0 Å². The highest BCUT2D eigenvalue weighted by Gasteiger charge is 2.22. The molecule has 0 saturated carbocycles. The lowest BCUT2D eigenvalue weighted by Crippen LogP contribution is -2.01. The van der Waals surface area contributed by atoms with E-state index in [1.165, 1.54) is 0 Å². The Hall–Kier alpha value is -8.67. The fraction of sp³-hybridized carbons (Fsp3) is 0. The molecule has 3 heterocycles. The van der Waals surface area contributed by atoms with E-state index in [4.69, 9.17) is 26.2 Å². The maximum atomic E-state index is 9.07. The van der Waals surface area contributed by atoms with Crippen LogP contribution in [-0.4, -0.2) is 19.5 Å². The van der Waals surface area contributed by atoms with Crippen LogP contribution >= 0.6 is 0 Å². The SMILES string of the molecule is [2H]c1c([2H])c([2H])c(-c2nc(-c3ccc4ccc5ccccc5c4c3)nc(-c3cc(-n4c5ccccc5c5ccccc54)cc4c3oc3cc(-c5cccc(-c6ccccc6)c5)ccc34)n2)c([2H])c1[2H]. The standard InChI is InChI=1S/C59H36N4O/c1-3-14-37(15-4-1)41-19-13-20-42(32-41)43-30-31-49-51-35-45(63-53-24-11-9-22-47(53)48-23-10-12-25-54(48)63)36-52(56(51)64-55(49)34-43)59-61-57(40-17-5-2-6-18-40)60-58(62-59)44-29-28-39-27-26-38-16-7-8-21-46(38)50(39)33-44/h1-36H/i2D,5D,6D,17D,18D. The lowest BCUT2D eigenvalue weighted by atomic mass is 9.98. The van der Waals surface area contributed by atoms with Gasteiger partial charge in [-0.3, -0.25) is 0 Å². The van der Waals surface area contributed by atoms with Crippen LogP contribution in [0.25, 0.3) is 127 Å². The molecule has 13 rings (SSSR count). The quantitative estimate of drug-likeness (QED) is 0.157. The van der Waals surface area contributed by atoms with Gasteiger partial charge >= 0.3 is 0 Å². The first-order valence-electron chi connectivity index (χ1n) is 23.7. The van der Waals surface area contributed by atoms with E-state index in [1.54, 1.807) is 0 Å². The molecule has 0 spiro atoms. The lowest BCUT2D eigenvalue weighted by Gasteiger charge is -2.13. The Bertz CT molecular complexity index is 4200. The van der Waals surface area contributed by atoms with E-state index >= 15 is 0 Å². The van der Waals surface area contributed by atoms with Crippen LogP contribution in [0.15, 0.2) is 223 Å². The number of furan rings is 1. The molecule has 0 unspecified atom stereocenters. The van der Waals surface area contributed by atoms with Gasteiger partial charge < -0.3 is 8.98 Å². The molecule has 0 N–H and O–H groups in total. The summed E-state index contributed by atoms with van der Waals surface area (Å²) in [7, 11) is 0. The molecular formula is C59H36N4O. The van der Waals surface area contributed by atoms with Gasteiger partial charge in [-0.15, -0.1) is 0 Å². The Morgan fingerprint density at radius 3 is 1.75 bits per heavy atom. The fourth-order valence-electron chi connectivity index (χ4n) is 9.29. The van der Waals surface area contributed by atoms with Gasteiger partial charge in [0.25, 0.3) is 0 Å². The van der Waals surface area contributed by atoms with E-state index in [0.29, 0.717) is 22.3 Å². The molecule has 0 aliphatic heterocycles. The van der Waals surface area contributed by atoms with E-state index < -0.39 is 30.2 Å². The second-order valence-electron chi connectivity index (χ2n) is 16.0. The molecule has 298 valence electrons. The average molecular weight is 822 g/mol. The smallest absolute Gasteiger partial charge is 0.167 e. The maximum absolute atomic E-state index is 9.07. The van der Waals surface area contributed by atoms with Gasteiger partial charge in [-0.2, -0.15) is 0 Å². The molecule has 0 atom stereocenters. The van der Waals surface area contributed by atoms with Gasteiger partial charge in [-0.1, -0.05) is 170 Å². The predicted octanol–water partition coefficient (Wildman–Crippen LogP) is 15.5. The van der Waals surface area contributed by atoms with Crippen molar-refractivity contribution in [1.29, 1.82) is 0 Å². The maximum Gasteiger partial charge on any atom is 0.167 e. The van der Waals surface area contributed by atoms with Crippen molar-refractivity contribution in [2.75, 3.05) is 0 Å². The van der Waals surface area contributed by atoms with Crippen molar-refractivity contribution >= 4 is 65.3 Å². The zero-order chi connectivity index (χ0) is 46.5. The molecule has 10 aromatic carbocycles. The molecule has 0 saturated heterocycles. The van der Waals surface area contributed by atoms with Crippen LogP contribution in [0.5, 0.6) is 0 Å². The average Bonchev–Trinajstić information content (AvgIpc) is 3.95. The van der Waals surface area contributed by atoms with Gasteiger partial charge in [0.2, 0.25) is 0 Å². The van der Waals surface area contributed by atoms with Gasteiger partial charge in [-0.25, -0.2) is 15.0 Å². The summed E-state index contributed by atoms with van der Waals surface area (Å²) in [5.41, 5.74) is 9.38. The van der Waals surface area contributed by atoms with Gasteiger partial charge in [-0.05, 0) is 92.3 Å². The Kier molecular flexibility index (Phi) is 7.06. The normalized spacial score (nSPS) is 12.8. The summed E-state index contributed by atoms with van der Waals surface area (Å²) in [6.45, 7) is 0. The molecule has 64 heavy (non-hydrogen) atoms. The van der Waals surface area contributed by atoms with Gasteiger partial charge in [0.05, 0.1) is 23.5 Å². The van der Waals surface area contributed by atoms with Crippen molar-refractivity contribution in [3.8, 4) is 62.1 Å². The summed E-state index contributed by atoms with van der Waals surface area (Å²) < 4.78 is 53.0. The van der Waals surface area contributed by atoms with Crippen LogP contribution in [0, 0.1) is 0 Å². The van der Waals surface area contributed by atoms with Gasteiger partial charge in [0.1, 0.15) is 11.2 Å². The number of aromatic nitrogens is 4. The largest absolute Gasteiger partial charge is 0.455 e. The van der Waals surface area contributed by atoms with E-state index in [1.807, 2.05) is 78.9 Å². The molecule has 0 aliphatic rings. The zero-order valence-electron chi connectivity index (χ0n) is 39.1. The fourth-order valence-corrected chi connectivity index (χ4v) is 9.29. The number of para-hydroxylation sites is 2. The second-order valence-corrected chi connectivity index (χ2v) is 16.0. The molecule has 0 radical (unpaired) electrons. The Labute approximate surface area is 375 Å². The molecule has 13 aromatic rings. The number of hydrogen-bond acceptors (Lipinski definition) is 4. The number of rotatable bonds is 6. The number of hydrogen-bond donors (Lipinski definition) is 0. The molecule has 0 bridgehead atoms. The highest BCUT2D eigenvalue weighted by molar-refractivity contribution is 6.13. The third-order valence-electron chi connectivity index (χ3n) is 12.3. The molecule has 5 heteroatoms. The molecule has 0 amide bonds. The van der Waals surface area contributed by atoms with Crippen molar-refractivity contribution in [1.82, 2.24) is 19.5 Å². The highest BCUT2D eigenvalue weighted by atomic mass is 16.3. The monoisotopic (exact) mass is 821 g/mol. The summed E-state index contributed by atoms with van der Waals surface area (Å²) in [5.74, 6) is 0.420. The van der Waals surface area contributed by atoms with Crippen molar-refractivity contribution in [3.63, 3.8) is 0 Å². The van der Waals surface area contributed by atoms with E-state index in [2.05, 4.69) is 114 Å². The first-order valence-corrected chi connectivity index (χ1v) is 21.2. The number of fused-ring (bicyclic) bond motifs is 9. The number of benzene rings is 10. The Morgan fingerprint density at radius 2 is 0.969 bits per heavy atom. The summed E-state index contributed by atoms with van der Waals surface area (Å²) >= 11 is 0. The summed E-state index contributed by atoms with van der Waals surface area (Å²) in [4.78, 5) is 15.2. The first-order chi connectivity index (χ1) is 33.8. The lowest BCUT2D eigenvalue weighted by molar-refractivity contribution is 0.669. The van der Waals surface area contributed by atoms with Crippen LogP contribution in [0.4, 0.5) is 0 Å². The van der Waals surface area contributed by atoms with E-state index in [-0.39, 0.29) is 23.0 Å². The molecule has 0 aliphatic carbocycles. The summed E-state index contributed by atoms with van der Waals surface area (Å²) in [6.07, 6.45) is 0. The number of nitrogens with zero attached hydrogens (tertiary/aromatic N) is 4. The zero-order valence-corrected chi connectivity index (χ0v) is 34.1. The molecular weight excluding hydrogens is 781 g/mol.